The number of nitrogens with zero attached hydrogens (tertiary/aromatic N) is 1. The maximum Gasteiger partial charge on any atom is 0.318 e. The molecule has 1 aliphatic heterocycles. The largest absolute Gasteiger partial charge is 0.491 e. The maximum absolute atomic E-state index is 13.1. The number of ether oxygens (including phenoxy) is 3. The molecule has 0 aliphatic carbocycles. The first-order chi connectivity index (χ1) is 15.9. The fraction of sp³-hybridized carbons (Fsp3) is 0.217. The zero-order valence-corrected chi connectivity index (χ0v) is 18.5. The summed E-state index contributed by atoms with van der Waals surface area (Å²) < 4.78 is 46.2. The SMILES string of the molecule is COCCOCCOc1cc2c3c(cccc3c1)C(=O)N(OS(=O)(=O)c1ccccc1)C2=O. The van der Waals surface area contributed by atoms with Crippen molar-refractivity contribution in [1.82, 2.24) is 5.06 Å². The number of hydrogen-bond donors (Lipinski definition) is 0. The summed E-state index contributed by atoms with van der Waals surface area (Å²) in [6, 6.07) is 15.3. The molecular formula is C23H21NO8S. The van der Waals surface area contributed by atoms with Gasteiger partial charge in [-0.15, -0.1) is 9.35 Å². The van der Waals surface area contributed by atoms with Gasteiger partial charge in [-0.25, -0.2) is 0 Å². The molecule has 0 aromatic heterocycles. The van der Waals surface area contributed by atoms with Gasteiger partial charge in [0.2, 0.25) is 0 Å². The van der Waals surface area contributed by atoms with Crippen molar-refractivity contribution in [2.45, 2.75) is 4.90 Å². The predicted octanol–water partition coefficient (Wildman–Crippen LogP) is 2.80. The highest BCUT2D eigenvalue weighted by Crippen LogP contribution is 2.34. The molecule has 10 heteroatoms. The lowest BCUT2D eigenvalue weighted by atomic mass is 9.95. The van der Waals surface area contributed by atoms with Gasteiger partial charge in [0.15, 0.2) is 0 Å². The molecule has 0 spiro atoms. The van der Waals surface area contributed by atoms with E-state index in [4.69, 9.17) is 18.5 Å². The summed E-state index contributed by atoms with van der Waals surface area (Å²) in [5.41, 5.74) is 0.251. The van der Waals surface area contributed by atoms with Crippen LogP contribution in [0.2, 0.25) is 0 Å². The lowest BCUT2D eigenvalue weighted by Gasteiger charge is -2.25. The summed E-state index contributed by atoms with van der Waals surface area (Å²) in [6.07, 6.45) is 0. The van der Waals surface area contributed by atoms with Crippen LogP contribution in [-0.2, 0) is 23.9 Å². The second-order valence-corrected chi connectivity index (χ2v) is 8.60. The molecule has 4 rings (SSSR count). The summed E-state index contributed by atoms with van der Waals surface area (Å²) in [7, 11) is -2.83. The molecule has 0 bridgehead atoms. The molecule has 0 radical (unpaired) electrons. The number of carbonyl (C=O) groups excluding carboxylic acids is 2. The Morgan fingerprint density at radius 3 is 2.30 bits per heavy atom. The van der Waals surface area contributed by atoms with Crippen molar-refractivity contribution >= 4 is 32.7 Å². The van der Waals surface area contributed by atoms with Gasteiger partial charge >= 0.3 is 10.1 Å². The smallest absolute Gasteiger partial charge is 0.318 e. The Balaban J connectivity index is 1.62. The third kappa shape index (κ3) is 4.74. The Morgan fingerprint density at radius 2 is 1.55 bits per heavy atom. The van der Waals surface area contributed by atoms with Gasteiger partial charge in [-0.2, -0.15) is 8.42 Å². The van der Waals surface area contributed by atoms with Crippen LogP contribution in [0.15, 0.2) is 65.6 Å². The van der Waals surface area contributed by atoms with Gasteiger partial charge in [0.1, 0.15) is 12.4 Å². The number of carbonyl (C=O) groups is 2. The molecule has 1 aliphatic rings. The second kappa shape index (κ2) is 9.67. The fourth-order valence-electron chi connectivity index (χ4n) is 3.40. The van der Waals surface area contributed by atoms with Gasteiger partial charge < -0.3 is 14.2 Å². The number of hydrogen-bond acceptors (Lipinski definition) is 8. The standard InChI is InChI=1S/C23H21NO8S/c1-29-10-11-30-12-13-31-17-14-16-6-5-9-19-21(16)20(15-17)23(26)24(22(19)25)32-33(27,28)18-7-3-2-4-8-18/h2-9,14-15H,10-13H2,1H3. The van der Waals surface area contributed by atoms with Gasteiger partial charge in [-0.3, -0.25) is 9.59 Å². The van der Waals surface area contributed by atoms with E-state index in [1.54, 1.807) is 31.4 Å². The van der Waals surface area contributed by atoms with E-state index in [9.17, 15) is 18.0 Å². The Labute approximate surface area is 190 Å². The van der Waals surface area contributed by atoms with Crippen LogP contribution in [0.3, 0.4) is 0 Å². The summed E-state index contributed by atoms with van der Waals surface area (Å²) in [5.74, 6) is -1.39. The van der Waals surface area contributed by atoms with Crippen molar-refractivity contribution in [3.63, 3.8) is 0 Å². The molecule has 0 saturated heterocycles. The minimum atomic E-state index is -4.41. The van der Waals surface area contributed by atoms with Crippen molar-refractivity contribution in [1.29, 1.82) is 0 Å². The highest BCUT2D eigenvalue weighted by Gasteiger charge is 2.38. The summed E-state index contributed by atoms with van der Waals surface area (Å²) in [5, 5.41) is 1.29. The zero-order valence-electron chi connectivity index (χ0n) is 17.7. The molecule has 0 N–H and O–H groups in total. The van der Waals surface area contributed by atoms with Crippen LogP contribution in [0.25, 0.3) is 10.8 Å². The van der Waals surface area contributed by atoms with E-state index in [1.165, 1.54) is 36.4 Å². The van der Waals surface area contributed by atoms with Gasteiger partial charge in [-0.1, -0.05) is 30.3 Å². The number of methoxy groups -OCH3 is 1. The first-order valence-corrected chi connectivity index (χ1v) is 11.5. The first kappa shape index (κ1) is 22.9. The third-order valence-electron chi connectivity index (χ3n) is 4.91. The number of imide groups is 1. The van der Waals surface area contributed by atoms with Crippen molar-refractivity contribution in [2.24, 2.45) is 0 Å². The van der Waals surface area contributed by atoms with Crippen molar-refractivity contribution in [3.8, 4) is 5.75 Å². The van der Waals surface area contributed by atoms with Gasteiger partial charge in [0.25, 0.3) is 11.8 Å². The van der Waals surface area contributed by atoms with E-state index < -0.39 is 21.9 Å². The van der Waals surface area contributed by atoms with E-state index in [0.717, 1.165) is 0 Å². The van der Waals surface area contributed by atoms with E-state index in [-0.39, 0.29) is 27.7 Å². The minimum absolute atomic E-state index is 0.0984. The molecule has 0 fully saturated rings. The van der Waals surface area contributed by atoms with Gasteiger partial charge in [0, 0.05) is 12.5 Å². The lowest BCUT2D eigenvalue weighted by Crippen LogP contribution is -2.41. The van der Waals surface area contributed by atoms with Crippen LogP contribution >= 0.6 is 0 Å². The van der Waals surface area contributed by atoms with Gasteiger partial charge in [0.05, 0.1) is 35.8 Å². The van der Waals surface area contributed by atoms with E-state index in [0.29, 0.717) is 36.3 Å². The van der Waals surface area contributed by atoms with Crippen LogP contribution in [-0.4, -0.2) is 58.8 Å². The maximum atomic E-state index is 13.1. The highest BCUT2D eigenvalue weighted by molar-refractivity contribution is 7.86. The van der Waals surface area contributed by atoms with E-state index in [2.05, 4.69) is 0 Å². The van der Waals surface area contributed by atoms with Crippen LogP contribution in [0.5, 0.6) is 5.75 Å². The Bertz CT molecular complexity index is 1290. The Kier molecular flexibility index (Phi) is 6.70. The molecule has 0 unspecified atom stereocenters. The van der Waals surface area contributed by atoms with Crippen molar-refractivity contribution in [2.75, 3.05) is 33.5 Å². The van der Waals surface area contributed by atoms with Crippen molar-refractivity contribution < 1.29 is 36.5 Å². The second-order valence-electron chi connectivity index (χ2n) is 7.07. The molecule has 9 nitrogen and oxygen atoms in total. The molecule has 1 heterocycles. The predicted molar refractivity (Wildman–Crippen MR) is 117 cm³/mol. The first-order valence-electron chi connectivity index (χ1n) is 10.1. The average Bonchev–Trinajstić information content (AvgIpc) is 2.82. The molecule has 172 valence electrons. The minimum Gasteiger partial charge on any atom is -0.491 e. The summed E-state index contributed by atoms with van der Waals surface area (Å²) >= 11 is 0. The molecule has 33 heavy (non-hydrogen) atoms. The van der Waals surface area contributed by atoms with Crippen LogP contribution in [0.1, 0.15) is 20.7 Å². The monoisotopic (exact) mass is 471 g/mol. The Hall–Kier alpha value is -3.31. The quantitative estimate of drug-likeness (QED) is 0.328. The number of amides is 2. The highest BCUT2D eigenvalue weighted by atomic mass is 32.2. The zero-order chi connectivity index (χ0) is 23.4. The van der Waals surface area contributed by atoms with Crippen molar-refractivity contribution in [3.05, 3.63) is 71.8 Å². The van der Waals surface area contributed by atoms with Gasteiger partial charge in [-0.05, 0) is 35.7 Å². The van der Waals surface area contributed by atoms with E-state index >= 15 is 0 Å². The van der Waals surface area contributed by atoms with Crippen LogP contribution < -0.4 is 4.74 Å². The molecule has 0 saturated carbocycles. The molecule has 2 amide bonds. The molecular weight excluding hydrogens is 450 g/mol. The molecule has 0 atom stereocenters. The number of hydroxylamine groups is 2. The third-order valence-corrected chi connectivity index (χ3v) is 6.11. The molecule has 3 aromatic carbocycles. The fourth-order valence-corrected chi connectivity index (χ4v) is 4.31. The lowest BCUT2D eigenvalue weighted by molar-refractivity contribution is -0.0155. The van der Waals surface area contributed by atoms with Crippen LogP contribution in [0, 0.1) is 0 Å². The van der Waals surface area contributed by atoms with Crippen LogP contribution in [0.4, 0.5) is 0 Å². The molecule has 3 aromatic rings. The number of rotatable bonds is 10. The van der Waals surface area contributed by atoms with E-state index in [1.807, 2.05) is 0 Å². The topological polar surface area (TPSA) is 108 Å². The average molecular weight is 471 g/mol. The summed E-state index contributed by atoms with van der Waals surface area (Å²) in [6.45, 7) is 1.43. The number of benzene rings is 3. The normalized spacial score (nSPS) is 13.5. The summed E-state index contributed by atoms with van der Waals surface area (Å²) in [4.78, 5) is 25.9. The Morgan fingerprint density at radius 1 is 0.818 bits per heavy atom.